The number of amides is 2. The van der Waals surface area contributed by atoms with E-state index in [2.05, 4.69) is 15.3 Å². The second kappa shape index (κ2) is 5.55. The van der Waals surface area contributed by atoms with Crippen LogP contribution in [0.5, 0.6) is 0 Å². The third-order valence-electron chi connectivity index (χ3n) is 3.55. The summed E-state index contributed by atoms with van der Waals surface area (Å²) >= 11 is 0. The summed E-state index contributed by atoms with van der Waals surface area (Å²) in [4.78, 5) is 31.0. The van der Waals surface area contributed by atoms with Crippen molar-refractivity contribution in [3.63, 3.8) is 0 Å². The van der Waals surface area contributed by atoms with Crippen molar-refractivity contribution in [1.29, 1.82) is 0 Å². The Kier molecular flexibility index (Phi) is 3.58. The molecule has 0 bridgehead atoms. The molecule has 0 radical (unpaired) electrons. The van der Waals surface area contributed by atoms with Gasteiger partial charge in [-0.25, -0.2) is 14.4 Å². The van der Waals surface area contributed by atoms with Crippen LogP contribution in [0.15, 0.2) is 18.3 Å². The van der Waals surface area contributed by atoms with Gasteiger partial charge in [-0.2, -0.15) is 0 Å². The Morgan fingerprint density at radius 3 is 3.05 bits per heavy atom. The Morgan fingerprint density at radius 1 is 1.50 bits per heavy atom. The van der Waals surface area contributed by atoms with Gasteiger partial charge in [0.2, 0.25) is 5.82 Å². The number of aromatic nitrogens is 3. The first-order valence-corrected chi connectivity index (χ1v) is 6.81. The van der Waals surface area contributed by atoms with Gasteiger partial charge in [0.15, 0.2) is 0 Å². The van der Waals surface area contributed by atoms with Crippen molar-refractivity contribution in [3.05, 3.63) is 35.4 Å². The van der Waals surface area contributed by atoms with Crippen molar-refractivity contribution in [2.75, 3.05) is 13.2 Å². The minimum Gasteiger partial charge on any atom is -0.363 e. The Morgan fingerprint density at radius 2 is 2.32 bits per heavy atom. The van der Waals surface area contributed by atoms with Gasteiger partial charge in [-0.15, -0.1) is 0 Å². The van der Waals surface area contributed by atoms with Crippen molar-refractivity contribution in [2.24, 2.45) is 5.73 Å². The van der Waals surface area contributed by atoms with Crippen LogP contribution in [0.3, 0.4) is 0 Å². The Labute approximate surface area is 125 Å². The topological polar surface area (TPSA) is 103 Å². The van der Waals surface area contributed by atoms with E-state index in [4.69, 9.17) is 5.73 Å². The highest BCUT2D eigenvalue weighted by molar-refractivity contribution is 5.98. The van der Waals surface area contributed by atoms with E-state index in [0.29, 0.717) is 29.9 Å². The van der Waals surface area contributed by atoms with E-state index in [-0.39, 0.29) is 18.3 Å². The molecule has 114 valence electrons. The number of nitrogens with one attached hydrogen (secondary N) is 1. The number of fused-ring (bicyclic) bond motifs is 1. The van der Waals surface area contributed by atoms with Crippen LogP contribution >= 0.6 is 0 Å². The highest BCUT2D eigenvalue weighted by Gasteiger charge is 2.24. The number of carbonyl (C=O) groups is 2. The lowest BCUT2D eigenvalue weighted by Crippen LogP contribution is -2.32. The van der Waals surface area contributed by atoms with E-state index < -0.39 is 12.6 Å². The lowest BCUT2D eigenvalue weighted by molar-refractivity contribution is 0.0943. The summed E-state index contributed by atoms with van der Waals surface area (Å²) in [5.41, 5.74) is 7.47. The predicted octanol–water partition coefficient (Wildman–Crippen LogP) is 0.299. The molecule has 22 heavy (non-hydrogen) atoms. The molecule has 3 N–H and O–H groups in total. The molecule has 0 atom stereocenters. The molecular formula is C14H14FN5O2. The van der Waals surface area contributed by atoms with Crippen LogP contribution in [0.25, 0.3) is 11.4 Å². The molecule has 3 heterocycles. The summed E-state index contributed by atoms with van der Waals surface area (Å²) in [5, 5.41) is 2.75. The second-order valence-corrected chi connectivity index (χ2v) is 4.87. The van der Waals surface area contributed by atoms with Gasteiger partial charge in [0.25, 0.3) is 11.8 Å². The first-order valence-electron chi connectivity index (χ1n) is 6.81. The number of hydrogen-bond donors (Lipinski definition) is 2. The van der Waals surface area contributed by atoms with Gasteiger partial charge in [-0.3, -0.25) is 9.59 Å². The first kappa shape index (κ1) is 14.2. The predicted molar refractivity (Wildman–Crippen MR) is 76.0 cm³/mol. The van der Waals surface area contributed by atoms with Crippen LogP contribution in [0, 0.1) is 0 Å². The molecule has 0 aromatic carbocycles. The lowest BCUT2D eigenvalue weighted by atomic mass is 10.1. The summed E-state index contributed by atoms with van der Waals surface area (Å²) in [6.45, 7) is 0.0647. The number of hydrogen-bond acceptors (Lipinski definition) is 4. The normalized spacial score (nSPS) is 13.6. The molecule has 2 aromatic heterocycles. The summed E-state index contributed by atoms with van der Waals surface area (Å²) in [7, 11) is 0. The van der Waals surface area contributed by atoms with Crippen molar-refractivity contribution in [3.8, 4) is 11.4 Å². The smallest absolute Gasteiger partial charge is 0.286 e. The Bertz CT molecular complexity index is 756. The minimum absolute atomic E-state index is 0.118. The number of carbonyl (C=O) groups excluding carboxylic acids is 2. The van der Waals surface area contributed by atoms with Crippen LogP contribution < -0.4 is 11.1 Å². The first-order chi connectivity index (χ1) is 10.6. The fourth-order valence-corrected chi connectivity index (χ4v) is 2.62. The highest BCUT2D eigenvalue weighted by atomic mass is 19.1. The number of alkyl halides is 1. The van der Waals surface area contributed by atoms with Crippen LogP contribution in [0.2, 0.25) is 0 Å². The van der Waals surface area contributed by atoms with E-state index in [1.165, 1.54) is 6.20 Å². The zero-order valence-electron chi connectivity index (χ0n) is 11.7. The van der Waals surface area contributed by atoms with Gasteiger partial charge in [-0.1, -0.05) is 0 Å². The maximum atomic E-state index is 12.9. The SMILES string of the molecule is NC(=O)c1nccc(-c2cc3c(n2CCF)CCNC3=O)n1. The van der Waals surface area contributed by atoms with Crippen LogP contribution in [0.1, 0.15) is 26.7 Å². The maximum Gasteiger partial charge on any atom is 0.286 e. The molecule has 0 fully saturated rings. The number of halogens is 1. The molecule has 0 saturated carbocycles. The van der Waals surface area contributed by atoms with Gasteiger partial charge >= 0.3 is 0 Å². The Hall–Kier alpha value is -2.77. The summed E-state index contributed by atoms with van der Waals surface area (Å²) < 4.78 is 14.6. The minimum atomic E-state index is -0.743. The van der Waals surface area contributed by atoms with Crippen LogP contribution in [-0.2, 0) is 13.0 Å². The zero-order valence-corrected chi connectivity index (χ0v) is 11.7. The van der Waals surface area contributed by atoms with Crippen molar-refractivity contribution in [2.45, 2.75) is 13.0 Å². The summed E-state index contributed by atoms with van der Waals surface area (Å²) in [6.07, 6.45) is 2.03. The highest BCUT2D eigenvalue weighted by Crippen LogP contribution is 2.27. The Balaban J connectivity index is 2.16. The van der Waals surface area contributed by atoms with E-state index in [9.17, 15) is 14.0 Å². The average molecular weight is 303 g/mol. The van der Waals surface area contributed by atoms with Crippen molar-refractivity contribution in [1.82, 2.24) is 19.9 Å². The number of nitrogens with zero attached hydrogens (tertiary/aromatic N) is 3. The third kappa shape index (κ3) is 2.32. The van der Waals surface area contributed by atoms with E-state index in [1.807, 2.05) is 0 Å². The molecule has 0 aliphatic carbocycles. The number of rotatable bonds is 4. The number of primary amides is 1. The standard InChI is InChI=1S/C14H14FN5O2/c15-3-6-20-10-2-5-18-14(22)8(10)7-11(20)9-1-4-17-13(19-9)12(16)21/h1,4,7H,2-3,5-6H2,(H2,16,21)(H,18,22). The molecule has 3 rings (SSSR count). The molecule has 2 amide bonds. The van der Waals surface area contributed by atoms with E-state index in [0.717, 1.165) is 5.69 Å². The third-order valence-corrected chi connectivity index (χ3v) is 3.55. The van der Waals surface area contributed by atoms with Gasteiger partial charge < -0.3 is 15.6 Å². The molecule has 0 unspecified atom stereocenters. The van der Waals surface area contributed by atoms with Gasteiger partial charge in [0.05, 0.1) is 23.5 Å². The largest absolute Gasteiger partial charge is 0.363 e. The quantitative estimate of drug-likeness (QED) is 0.847. The van der Waals surface area contributed by atoms with Gasteiger partial charge in [-0.05, 0) is 12.1 Å². The average Bonchev–Trinajstić information content (AvgIpc) is 2.88. The number of nitrogens with two attached hydrogens (primary N) is 1. The molecule has 7 nitrogen and oxygen atoms in total. The van der Waals surface area contributed by atoms with Crippen LogP contribution in [-0.4, -0.2) is 39.6 Å². The van der Waals surface area contributed by atoms with E-state index >= 15 is 0 Å². The van der Waals surface area contributed by atoms with Crippen LogP contribution in [0.4, 0.5) is 4.39 Å². The molecular weight excluding hydrogens is 289 g/mol. The van der Waals surface area contributed by atoms with Crippen molar-refractivity contribution < 1.29 is 14.0 Å². The van der Waals surface area contributed by atoms with Gasteiger partial charge in [0, 0.05) is 24.9 Å². The fraction of sp³-hybridized carbons (Fsp3) is 0.286. The molecule has 0 spiro atoms. The maximum absolute atomic E-state index is 12.9. The van der Waals surface area contributed by atoms with E-state index in [1.54, 1.807) is 16.7 Å². The van der Waals surface area contributed by atoms with Gasteiger partial charge in [0.1, 0.15) is 6.67 Å². The monoisotopic (exact) mass is 303 g/mol. The second-order valence-electron chi connectivity index (χ2n) is 4.87. The summed E-state index contributed by atoms with van der Waals surface area (Å²) in [5.74, 6) is -1.05. The molecule has 1 aliphatic heterocycles. The molecule has 0 saturated heterocycles. The molecule has 8 heteroatoms. The lowest BCUT2D eigenvalue weighted by Gasteiger charge is -2.16. The molecule has 1 aliphatic rings. The fourth-order valence-electron chi connectivity index (χ4n) is 2.62. The zero-order chi connectivity index (χ0) is 15.7. The molecule has 2 aromatic rings. The van der Waals surface area contributed by atoms with Crippen molar-refractivity contribution >= 4 is 11.8 Å². The summed E-state index contributed by atoms with van der Waals surface area (Å²) in [6, 6.07) is 3.26.